The second-order valence-corrected chi connectivity index (χ2v) is 5.62. The summed E-state index contributed by atoms with van der Waals surface area (Å²) in [7, 11) is 0. The molecule has 0 N–H and O–H groups in total. The monoisotopic (exact) mass is 233 g/mol. The van der Waals surface area contributed by atoms with Gasteiger partial charge in [-0.2, -0.15) is 5.26 Å². The van der Waals surface area contributed by atoms with Gasteiger partial charge in [0.1, 0.15) is 5.54 Å². The molecule has 0 saturated carbocycles. The third kappa shape index (κ3) is 2.88. The van der Waals surface area contributed by atoms with Crippen molar-refractivity contribution in [1.82, 2.24) is 9.80 Å². The first-order valence-corrected chi connectivity index (χ1v) is 6.70. The Balaban J connectivity index is 1.88. The Morgan fingerprint density at radius 3 is 2.47 bits per heavy atom. The molecule has 1 fully saturated rings. The standard InChI is InChI=1S/C14H23N3/c1-14(2,12-15)17-10-8-16(9-11-17)13-6-4-3-5-7-13/h4,6,13H,3,5,7-11H2,1-2H3. The van der Waals surface area contributed by atoms with Crippen molar-refractivity contribution < 1.29 is 0 Å². The van der Waals surface area contributed by atoms with E-state index in [-0.39, 0.29) is 5.54 Å². The molecule has 0 spiro atoms. The van der Waals surface area contributed by atoms with Gasteiger partial charge in [-0.1, -0.05) is 12.2 Å². The Hall–Kier alpha value is -0.850. The number of piperazine rings is 1. The lowest BCUT2D eigenvalue weighted by Gasteiger charge is -2.43. The number of nitrogens with zero attached hydrogens (tertiary/aromatic N) is 3. The average molecular weight is 233 g/mol. The molecule has 3 nitrogen and oxygen atoms in total. The van der Waals surface area contributed by atoms with Crippen LogP contribution in [0, 0.1) is 11.3 Å². The van der Waals surface area contributed by atoms with Crippen molar-refractivity contribution in [2.45, 2.75) is 44.7 Å². The van der Waals surface area contributed by atoms with Crippen LogP contribution in [-0.2, 0) is 0 Å². The Morgan fingerprint density at radius 1 is 1.24 bits per heavy atom. The van der Waals surface area contributed by atoms with Crippen LogP contribution in [0.5, 0.6) is 0 Å². The van der Waals surface area contributed by atoms with E-state index in [1.54, 1.807) is 0 Å². The molecule has 2 aliphatic rings. The van der Waals surface area contributed by atoms with Gasteiger partial charge in [0.2, 0.25) is 0 Å². The lowest BCUT2D eigenvalue weighted by molar-refractivity contribution is 0.0635. The van der Waals surface area contributed by atoms with E-state index in [9.17, 15) is 0 Å². The van der Waals surface area contributed by atoms with Gasteiger partial charge >= 0.3 is 0 Å². The summed E-state index contributed by atoms with van der Waals surface area (Å²) in [6.07, 6.45) is 8.56. The van der Waals surface area contributed by atoms with E-state index in [0.29, 0.717) is 6.04 Å². The molecule has 1 unspecified atom stereocenters. The molecule has 94 valence electrons. The van der Waals surface area contributed by atoms with Crippen LogP contribution in [0.3, 0.4) is 0 Å². The molecule has 0 aromatic heterocycles. The Kier molecular flexibility index (Phi) is 3.86. The Morgan fingerprint density at radius 2 is 1.94 bits per heavy atom. The van der Waals surface area contributed by atoms with Gasteiger partial charge in [0.05, 0.1) is 6.07 Å². The van der Waals surface area contributed by atoms with Crippen LogP contribution in [-0.4, -0.2) is 47.6 Å². The second kappa shape index (κ2) is 5.20. The van der Waals surface area contributed by atoms with Crippen LogP contribution in [0.15, 0.2) is 12.2 Å². The maximum atomic E-state index is 9.14. The van der Waals surface area contributed by atoms with Crippen LogP contribution in [0.4, 0.5) is 0 Å². The predicted molar refractivity (Wildman–Crippen MR) is 69.6 cm³/mol. The van der Waals surface area contributed by atoms with Gasteiger partial charge in [-0.3, -0.25) is 9.80 Å². The predicted octanol–water partition coefficient (Wildman–Crippen LogP) is 2.01. The zero-order chi connectivity index (χ0) is 12.3. The number of hydrogen-bond acceptors (Lipinski definition) is 3. The van der Waals surface area contributed by atoms with Crippen molar-refractivity contribution in [2.75, 3.05) is 26.2 Å². The van der Waals surface area contributed by atoms with E-state index in [4.69, 9.17) is 5.26 Å². The van der Waals surface area contributed by atoms with Crippen LogP contribution in [0.1, 0.15) is 33.1 Å². The second-order valence-electron chi connectivity index (χ2n) is 5.62. The largest absolute Gasteiger partial charge is 0.294 e. The van der Waals surface area contributed by atoms with Gasteiger partial charge < -0.3 is 0 Å². The van der Waals surface area contributed by atoms with E-state index in [1.807, 2.05) is 13.8 Å². The first kappa shape index (κ1) is 12.6. The van der Waals surface area contributed by atoms with Crippen LogP contribution in [0.25, 0.3) is 0 Å². The van der Waals surface area contributed by atoms with Gasteiger partial charge in [0.15, 0.2) is 0 Å². The van der Waals surface area contributed by atoms with Gasteiger partial charge in [0, 0.05) is 32.2 Å². The van der Waals surface area contributed by atoms with Gasteiger partial charge in [-0.15, -0.1) is 0 Å². The maximum absolute atomic E-state index is 9.14. The lowest BCUT2D eigenvalue weighted by atomic mass is 9.99. The molecule has 3 heteroatoms. The first-order chi connectivity index (χ1) is 8.13. The van der Waals surface area contributed by atoms with Crippen molar-refractivity contribution in [2.24, 2.45) is 0 Å². The lowest BCUT2D eigenvalue weighted by Crippen LogP contribution is -2.56. The fraction of sp³-hybridized carbons (Fsp3) is 0.786. The number of hydrogen-bond donors (Lipinski definition) is 0. The zero-order valence-corrected chi connectivity index (χ0v) is 11.0. The minimum Gasteiger partial charge on any atom is -0.294 e. The summed E-state index contributed by atoms with van der Waals surface area (Å²) in [6.45, 7) is 8.27. The molecule has 0 aromatic rings. The maximum Gasteiger partial charge on any atom is 0.103 e. The molecule has 1 aliphatic carbocycles. The smallest absolute Gasteiger partial charge is 0.103 e. The molecule has 0 aromatic carbocycles. The fourth-order valence-corrected chi connectivity index (χ4v) is 2.78. The molecule has 0 radical (unpaired) electrons. The molecule has 1 heterocycles. The molecule has 1 saturated heterocycles. The molecule has 2 rings (SSSR count). The van der Waals surface area contributed by atoms with Crippen molar-refractivity contribution >= 4 is 0 Å². The molecular formula is C14H23N3. The molecule has 1 aliphatic heterocycles. The van der Waals surface area contributed by atoms with Gasteiger partial charge in [-0.05, 0) is 33.1 Å². The zero-order valence-electron chi connectivity index (χ0n) is 11.0. The number of allylic oxidation sites excluding steroid dienone is 1. The summed E-state index contributed by atoms with van der Waals surface area (Å²) in [5, 5.41) is 9.14. The summed E-state index contributed by atoms with van der Waals surface area (Å²) in [5.41, 5.74) is -0.311. The van der Waals surface area contributed by atoms with Crippen LogP contribution < -0.4 is 0 Å². The van der Waals surface area contributed by atoms with Crippen molar-refractivity contribution in [3.05, 3.63) is 12.2 Å². The summed E-state index contributed by atoms with van der Waals surface area (Å²) < 4.78 is 0. The molecular weight excluding hydrogens is 210 g/mol. The van der Waals surface area contributed by atoms with Crippen molar-refractivity contribution in [1.29, 1.82) is 5.26 Å². The van der Waals surface area contributed by atoms with Gasteiger partial charge in [-0.25, -0.2) is 0 Å². The summed E-state index contributed by atoms with van der Waals surface area (Å²) in [5.74, 6) is 0. The third-order valence-electron chi connectivity index (χ3n) is 4.08. The quantitative estimate of drug-likeness (QED) is 0.684. The third-order valence-corrected chi connectivity index (χ3v) is 4.08. The number of rotatable bonds is 2. The van der Waals surface area contributed by atoms with Crippen molar-refractivity contribution in [3.63, 3.8) is 0 Å². The van der Waals surface area contributed by atoms with Crippen LogP contribution >= 0.6 is 0 Å². The molecule has 0 bridgehead atoms. The van der Waals surface area contributed by atoms with E-state index < -0.39 is 0 Å². The highest BCUT2D eigenvalue weighted by atomic mass is 15.3. The fourth-order valence-electron chi connectivity index (χ4n) is 2.78. The number of nitriles is 1. The average Bonchev–Trinajstić information content (AvgIpc) is 2.40. The molecule has 0 amide bonds. The Labute approximate surface area is 105 Å². The van der Waals surface area contributed by atoms with E-state index in [2.05, 4.69) is 28.0 Å². The van der Waals surface area contributed by atoms with Gasteiger partial charge in [0.25, 0.3) is 0 Å². The topological polar surface area (TPSA) is 30.3 Å². The van der Waals surface area contributed by atoms with E-state index >= 15 is 0 Å². The van der Waals surface area contributed by atoms with Crippen LogP contribution in [0.2, 0.25) is 0 Å². The molecule has 17 heavy (non-hydrogen) atoms. The summed E-state index contributed by atoms with van der Waals surface area (Å²) in [4.78, 5) is 4.87. The summed E-state index contributed by atoms with van der Waals surface area (Å²) in [6, 6.07) is 3.05. The molecule has 1 atom stereocenters. The minimum absolute atomic E-state index is 0.311. The van der Waals surface area contributed by atoms with E-state index in [1.165, 1.54) is 19.3 Å². The minimum atomic E-state index is -0.311. The normalized spacial score (nSPS) is 27.9. The summed E-state index contributed by atoms with van der Waals surface area (Å²) >= 11 is 0. The van der Waals surface area contributed by atoms with E-state index in [0.717, 1.165) is 26.2 Å². The first-order valence-electron chi connectivity index (χ1n) is 6.70. The highest BCUT2D eigenvalue weighted by Crippen LogP contribution is 2.21. The Bertz CT molecular complexity index is 319. The SMILES string of the molecule is CC(C)(C#N)N1CCN(C2C=CCCC2)CC1. The highest BCUT2D eigenvalue weighted by molar-refractivity contribution is 5.04. The van der Waals surface area contributed by atoms with Crippen molar-refractivity contribution in [3.8, 4) is 6.07 Å². The highest BCUT2D eigenvalue weighted by Gasteiger charge is 2.31.